The molecule has 0 radical (unpaired) electrons. The number of aliphatic hydroxyl groups excluding tert-OH is 1. The number of aliphatic hydroxyl groups is 1. The van der Waals surface area contributed by atoms with Crippen molar-refractivity contribution in [3.63, 3.8) is 0 Å². The molecule has 0 saturated carbocycles. The average molecular weight is 250 g/mol. The zero-order valence-electron chi connectivity index (χ0n) is 11.8. The van der Waals surface area contributed by atoms with E-state index in [4.69, 9.17) is 5.73 Å². The first-order valence-electron chi connectivity index (χ1n) is 6.71. The van der Waals surface area contributed by atoms with Crippen LogP contribution in [-0.2, 0) is 6.42 Å². The van der Waals surface area contributed by atoms with Crippen LogP contribution in [0.5, 0.6) is 0 Å². The van der Waals surface area contributed by atoms with Gasteiger partial charge in [-0.3, -0.25) is 0 Å². The summed E-state index contributed by atoms with van der Waals surface area (Å²) in [6.07, 6.45) is 1.41. The second kappa shape index (κ2) is 7.39. The summed E-state index contributed by atoms with van der Waals surface area (Å²) >= 11 is 0. The Morgan fingerprint density at radius 3 is 2.33 bits per heavy atom. The zero-order valence-corrected chi connectivity index (χ0v) is 11.8. The highest BCUT2D eigenvalue weighted by Gasteiger charge is 2.08. The van der Waals surface area contributed by atoms with Crippen molar-refractivity contribution in [1.82, 2.24) is 0 Å². The SMILES string of the molecule is CC(C)Cc1ccc(N(C)CC(O)CCN)cc1. The molecule has 0 bridgehead atoms. The highest BCUT2D eigenvalue weighted by Crippen LogP contribution is 2.16. The van der Waals surface area contributed by atoms with Crippen molar-refractivity contribution in [3.8, 4) is 0 Å². The first-order valence-corrected chi connectivity index (χ1v) is 6.71. The van der Waals surface area contributed by atoms with E-state index in [9.17, 15) is 5.11 Å². The molecule has 0 aliphatic heterocycles. The van der Waals surface area contributed by atoms with Crippen LogP contribution in [0, 0.1) is 5.92 Å². The van der Waals surface area contributed by atoms with Gasteiger partial charge in [0.15, 0.2) is 0 Å². The number of nitrogens with zero attached hydrogens (tertiary/aromatic N) is 1. The van der Waals surface area contributed by atoms with E-state index < -0.39 is 0 Å². The van der Waals surface area contributed by atoms with Crippen molar-refractivity contribution < 1.29 is 5.11 Å². The fourth-order valence-corrected chi connectivity index (χ4v) is 2.06. The number of hydrogen-bond donors (Lipinski definition) is 2. The lowest BCUT2D eigenvalue weighted by Crippen LogP contribution is -2.30. The molecule has 0 saturated heterocycles. The lowest BCUT2D eigenvalue weighted by Gasteiger charge is -2.22. The minimum atomic E-state index is -0.352. The fourth-order valence-electron chi connectivity index (χ4n) is 2.06. The van der Waals surface area contributed by atoms with Crippen molar-refractivity contribution in [1.29, 1.82) is 0 Å². The third-order valence-corrected chi connectivity index (χ3v) is 3.01. The molecule has 1 atom stereocenters. The van der Waals surface area contributed by atoms with Gasteiger partial charge in [0.05, 0.1) is 6.10 Å². The van der Waals surface area contributed by atoms with Gasteiger partial charge in [-0.15, -0.1) is 0 Å². The van der Waals surface area contributed by atoms with Gasteiger partial charge in [0.2, 0.25) is 0 Å². The smallest absolute Gasteiger partial charge is 0.0726 e. The molecule has 3 heteroatoms. The van der Waals surface area contributed by atoms with Crippen molar-refractivity contribution in [2.45, 2.75) is 32.8 Å². The monoisotopic (exact) mass is 250 g/mol. The van der Waals surface area contributed by atoms with Gasteiger partial charge in [-0.25, -0.2) is 0 Å². The van der Waals surface area contributed by atoms with Crippen molar-refractivity contribution >= 4 is 5.69 Å². The lowest BCUT2D eigenvalue weighted by atomic mass is 10.0. The van der Waals surface area contributed by atoms with E-state index in [-0.39, 0.29) is 6.10 Å². The van der Waals surface area contributed by atoms with Crippen LogP contribution in [0.25, 0.3) is 0 Å². The summed E-state index contributed by atoms with van der Waals surface area (Å²) in [7, 11) is 2.00. The molecule has 0 aromatic heterocycles. The number of rotatable bonds is 7. The molecule has 0 fully saturated rings. The van der Waals surface area contributed by atoms with Gasteiger partial charge in [0.25, 0.3) is 0 Å². The second-order valence-corrected chi connectivity index (χ2v) is 5.38. The predicted molar refractivity (Wildman–Crippen MR) is 77.9 cm³/mol. The van der Waals surface area contributed by atoms with Gasteiger partial charge in [-0.2, -0.15) is 0 Å². The Kier molecular flexibility index (Phi) is 6.16. The largest absolute Gasteiger partial charge is 0.391 e. The van der Waals surface area contributed by atoms with E-state index in [1.807, 2.05) is 7.05 Å². The Morgan fingerprint density at radius 2 is 1.83 bits per heavy atom. The van der Waals surface area contributed by atoms with Gasteiger partial charge in [0, 0.05) is 19.3 Å². The highest BCUT2D eigenvalue weighted by atomic mass is 16.3. The Hall–Kier alpha value is -1.06. The zero-order chi connectivity index (χ0) is 13.5. The summed E-state index contributed by atoms with van der Waals surface area (Å²) in [5, 5.41) is 9.73. The molecule has 3 nitrogen and oxygen atoms in total. The summed E-state index contributed by atoms with van der Waals surface area (Å²) in [6.45, 7) is 5.61. The van der Waals surface area contributed by atoms with E-state index in [0.717, 1.165) is 12.1 Å². The summed E-state index contributed by atoms with van der Waals surface area (Å²) in [6, 6.07) is 8.57. The third-order valence-electron chi connectivity index (χ3n) is 3.01. The Balaban J connectivity index is 2.55. The molecule has 0 aliphatic carbocycles. The van der Waals surface area contributed by atoms with Crippen LogP contribution >= 0.6 is 0 Å². The van der Waals surface area contributed by atoms with Crippen LogP contribution in [0.2, 0.25) is 0 Å². The van der Waals surface area contributed by atoms with Crippen LogP contribution in [0.1, 0.15) is 25.8 Å². The molecular formula is C15H26N2O. The molecule has 1 unspecified atom stereocenters. The van der Waals surface area contributed by atoms with Crippen molar-refractivity contribution in [2.24, 2.45) is 11.7 Å². The number of nitrogens with two attached hydrogens (primary N) is 1. The van der Waals surface area contributed by atoms with Crippen LogP contribution < -0.4 is 10.6 Å². The normalized spacial score (nSPS) is 12.8. The van der Waals surface area contributed by atoms with Crippen LogP contribution in [0.15, 0.2) is 24.3 Å². The van der Waals surface area contributed by atoms with Crippen LogP contribution in [0.4, 0.5) is 5.69 Å². The van der Waals surface area contributed by atoms with Gasteiger partial charge in [-0.1, -0.05) is 26.0 Å². The summed E-state index contributed by atoms with van der Waals surface area (Å²) in [5.41, 5.74) is 7.93. The number of hydrogen-bond acceptors (Lipinski definition) is 3. The van der Waals surface area contributed by atoms with Gasteiger partial charge in [-0.05, 0) is 43.0 Å². The molecule has 0 heterocycles. The van der Waals surface area contributed by atoms with Gasteiger partial charge >= 0.3 is 0 Å². The topological polar surface area (TPSA) is 49.5 Å². The maximum Gasteiger partial charge on any atom is 0.0726 e. The molecular weight excluding hydrogens is 224 g/mol. The van der Waals surface area contributed by atoms with E-state index in [1.165, 1.54) is 5.56 Å². The van der Waals surface area contributed by atoms with Crippen LogP contribution in [0.3, 0.4) is 0 Å². The van der Waals surface area contributed by atoms with E-state index in [1.54, 1.807) is 0 Å². The molecule has 102 valence electrons. The minimum absolute atomic E-state index is 0.352. The van der Waals surface area contributed by atoms with E-state index in [2.05, 4.69) is 43.0 Å². The molecule has 1 aromatic carbocycles. The van der Waals surface area contributed by atoms with E-state index in [0.29, 0.717) is 25.4 Å². The quantitative estimate of drug-likeness (QED) is 0.778. The lowest BCUT2D eigenvalue weighted by molar-refractivity contribution is 0.174. The minimum Gasteiger partial charge on any atom is -0.391 e. The Labute approximate surface area is 111 Å². The number of anilines is 1. The molecule has 18 heavy (non-hydrogen) atoms. The Bertz CT molecular complexity index is 335. The molecule has 0 amide bonds. The highest BCUT2D eigenvalue weighted by molar-refractivity contribution is 5.47. The average Bonchev–Trinajstić information content (AvgIpc) is 2.29. The Morgan fingerprint density at radius 1 is 1.22 bits per heavy atom. The molecule has 0 spiro atoms. The number of benzene rings is 1. The summed E-state index contributed by atoms with van der Waals surface area (Å²) < 4.78 is 0. The maximum absolute atomic E-state index is 9.73. The second-order valence-electron chi connectivity index (χ2n) is 5.38. The first-order chi connectivity index (χ1) is 8.52. The summed E-state index contributed by atoms with van der Waals surface area (Å²) in [4.78, 5) is 2.07. The fraction of sp³-hybridized carbons (Fsp3) is 0.600. The third kappa shape index (κ3) is 5.07. The molecule has 3 N–H and O–H groups in total. The summed E-state index contributed by atoms with van der Waals surface area (Å²) in [5.74, 6) is 0.681. The van der Waals surface area contributed by atoms with Gasteiger partial charge in [0.1, 0.15) is 0 Å². The maximum atomic E-state index is 9.73. The van der Waals surface area contributed by atoms with Crippen molar-refractivity contribution in [2.75, 3.05) is 25.0 Å². The molecule has 1 rings (SSSR count). The van der Waals surface area contributed by atoms with Crippen LogP contribution in [-0.4, -0.2) is 31.3 Å². The molecule has 1 aromatic rings. The predicted octanol–water partition coefficient (Wildman–Crippen LogP) is 2.03. The molecule has 0 aliphatic rings. The van der Waals surface area contributed by atoms with Gasteiger partial charge < -0.3 is 15.7 Å². The standard InChI is InChI=1S/C15H26N2O/c1-12(2)10-13-4-6-14(7-5-13)17(3)11-15(18)8-9-16/h4-7,12,15,18H,8-11,16H2,1-3H3. The van der Waals surface area contributed by atoms with Crippen molar-refractivity contribution in [3.05, 3.63) is 29.8 Å². The number of likely N-dealkylation sites (N-methyl/N-ethyl adjacent to an activating group) is 1. The first kappa shape index (κ1) is 15.0. The van der Waals surface area contributed by atoms with E-state index >= 15 is 0 Å².